The predicted octanol–water partition coefficient (Wildman–Crippen LogP) is 3.22. The van der Waals surface area contributed by atoms with Gasteiger partial charge in [-0.05, 0) is 38.3 Å². The SMILES string of the molecule is CN=C(NCC(C)N(C)c1ccccc1)N1CCC(OCCCOC)CC1.I. The second-order valence-electron chi connectivity index (χ2n) is 7.13. The Balaban J connectivity index is 0.00000392. The number of anilines is 1. The van der Waals surface area contributed by atoms with E-state index in [4.69, 9.17) is 9.47 Å². The molecule has 1 aromatic rings. The summed E-state index contributed by atoms with van der Waals surface area (Å²) in [6.07, 6.45) is 3.42. The molecule has 1 aromatic carbocycles. The number of rotatable bonds is 9. The van der Waals surface area contributed by atoms with Crippen molar-refractivity contribution in [3.05, 3.63) is 30.3 Å². The number of hydrogen-bond donors (Lipinski definition) is 1. The minimum atomic E-state index is 0. The first-order chi connectivity index (χ1) is 13.2. The van der Waals surface area contributed by atoms with Crippen LogP contribution in [0.4, 0.5) is 5.69 Å². The second-order valence-corrected chi connectivity index (χ2v) is 7.13. The smallest absolute Gasteiger partial charge is 0.193 e. The number of benzene rings is 1. The Hall–Kier alpha value is -1.06. The third-order valence-electron chi connectivity index (χ3n) is 5.18. The van der Waals surface area contributed by atoms with E-state index in [-0.39, 0.29) is 24.0 Å². The number of para-hydroxylation sites is 1. The van der Waals surface area contributed by atoms with Gasteiger partial charge in [0.15, 0.2) is 5.96 Å². The van der Waals surface area contributed by atoms with Crippen molar-refractivity contribution >= 4 is 35.6 Å². The maximum atomic E-state index is 5.95. The largest absolute Gasteiger partial charge is 0.385 e. The Labute approximate surface area is 187 Å². The van der Waals surface area contributed by atoms with Crippen molar-refractivity contribution in [1.29, 1.82) is 0 Å². The molecule has 160 valence electrons. The minimum Gasteiger partial charge on any atom is -0.385 e. The zero-order chi connectivity index (χ0) is 19.5. The van der Waals surface area contributed by atoms with Gasteiger partial charge in [0.05, 0.1) is 6.10 Å². The van der Waals surface area contributed by atoms with Gasteiger partial charge in [-0.1, -0.05) is 18.2 Å². The minimum absolute atomic E-state index is 0. The molecule has 1 aliphatic rings. The molecule has 0 aliphatic carbocycles. The quantitative estimate of drug-likeness (QED) is 0.242. The highest BCUT2D eigenvalue weighted by molar-refractivity contribution is 14.0. The highest BCUT2D eigenvalue weighted by atomic mass is 127. The van der Waals surface area contributed by atoms with Gasteiger partial charge in [0.1, 0.15) is 0 Å². The van der Waals surface area contributed by atoms with Gasteiger partial charge in [-0.3, -0.25) is 4.99 Å². The molecule has 1 saturated heterocycles. The number of likely N-dealkylation sites (N-methyl/N-ethyl adjacent to an activating group) is 1. The molecule has 1 N–H and O–H groups in total. The van der Waals surface area contributed by atoms with Crippen LogP contribution in [0, 0.1) is 0 Å². The van der Waals surface area contributed by atoms with Crippen molar-refractivity contribution in [2.24, 2.45) is 4.99 Å². The Morgan fingerprint density at radius 2 is 1.93 bits per heavy atom. The summed E-state index contributed by atoms with van der Waals surface area (Å²) in [5.41, 5.74) is 1.23. The number of ether oxygens (including phenoxy) is 2. The molecular weight excluding hydrogens is 467 g/mol. The number of aliphatic imine (C=N–C) groups is 1. The highest BCUT2D eigenvalue weighted by Gasteiger charge is 2.22. The van der Waals surface area contributed by atoms with Crippen LogP contribution < -0.4 is 10.2 Å². The van der Waals surface area contributed by atoms with Crippen molar-refractivity contribution < 1.29 is 9.47 Å². The summed E-state index contributed by atoms with van der Waals surface area (Å²) >= 11 is 0. The molecule has 0 saturated carbocycles. The molecule has 1 aliphatic heterocycles. The average molecular weight is 504 g/mol. The Kier molecular flexibility index (Phi) is 12.5. The zero-order valence-electron chi connectivity index (χ0n) is 17.8. The first-order valence-electron chi connectivity index (χ1n) is 9.99. The van der Waals surface area contributed by atoms with Crippen LogP contribution in [0.5, 0.6) is 0 Å². The molecule has 1 atom stereocenters. The van der Waals surface area contributed by atoms with Gasteiger partial charge < -0.3 is 24.6 Å². The van der Waals surface area contributed by atoms with Gasteiger partial charge in [0.25, 0.3) is 0 Å². The first-order valence-corrected chi connectivity index (χ1v) is 9.99. The van der Waals surface area contributed by atoms with E-state index in [9.17, 15) is 0 Å². The van der Waals surface area contributed by atoms with Gasteiger partial charge in [-0.15, -0.1) is 24.0 Å². The lowest BCUT2D eigenvalue weighted by Gasteiger charge is -2.35. The van der Waals surface area contributed by atoms with Gasteiger partial charge >= 0.3 is 0 Å². The highest BCUT2D eigenvalue weighted by Crippen LogP contribution is 2.15. The lowest BCUT2D eigenvalue weighted by molar-refractivity contribution is 0.00990. The normalized spacial score (nSPS) is 16.4. The molecule has 28 heavy (non-hydrogen) atoms. The van der Waals surface area contributed by atoms with Gasteiger partial charge in [0, 0.05) is 65.8 Å². The first kappa shape index (κ1) is 25.0. The fraction of sp³-hybridized carbons (Fsp3) is 0.667. The van der Waals surface area contributed by atoms with Crippen molar-refractivity contribution in [1.82, 2.24) is 10.2 Å². The monoisotopic (exact) mass is 504 g/mol. The third-order valence-corrected chi connectivity index (χ3v) is 5.18. The maximum absolute atomic E-state index is 5.95. The number of methoxy groups -OCH3 is 1. The fourth-order valence-electron chi connectivity index (χ4n) is 3.31. The van der Waals surface area contributed by atoms with E-state index in [1.807, 2.05) is 13.1 Å². The molecule has 0 bridgehead atoms. The van der Waals surface area contributed by atoms with Crippen LogP contribution in [0.1, 0.15) is 26.2 Å². The molecule has 7 heteroatoms. The number of piperidine rings is 1. The van der Waals surface area contributed by atoms with E-state index in [0.717, 1.165) is 58.1 Å². The van der Waals surface area contributed by atoms with Crippen molar-refractivity contribution in [3.63, 3.8) is 0 Å². The van der Waals surface area contributed by atoms with Crippen LogP contribution in [0.15, 0.2) is 35.3 Å². The van der Waals surface area contributed by atoms with E-state index >= 15 is 0 Å². The summed E-state index contributed by atoms with van der Waals surface area (Å²) < 4.78 is 11.0. The average Bonchev–Trinajstić information content (AvgIpc) is 2.72. The van der Waals surface area contributed by atoms with E-state index in [2.05, 4.69) is 58.3 Å². The lowest BCUT2D eigenvalue weighted by atomic mass is 10.1. The molecule has 1 fully saturated rings. The van der Waals surface area contributed by atoms with Crippen LogP contribution in [0.25, 0.3) is 0 Å². The molecule has 1 heterocycles. The molecule has 1 unspecified atom stereocenters. The topological polar surface area (TPSA) is 49.3 Å². The standard InChI is InChI=1S/C21H36N4O2.HI/c1-18(24(3)19-9-6-5-7-10-19)17-23-21(22-2)25-13-11-20(12-14-25)27-16-8-15-26-4;/h5-7,9-10,18,20H,8,11-17H2,1-4H3,(H,22,23);1H. The predicted molar refractivity (Wildman–Crippen MR) is 128 cm³/mol. The van der Waals surface area contributed by atoms with Crippen molar-refractivity contribution in [3.8, 4) is 0 Å². The fourth-order valence-corrected chi connectivity index (χ4v) is 3.31. The Bertz CT molecular complexity index is 551. The van der Waals surface area contributed by atoms with Gasteiger partial charge in [-0.2, -0.15) is 0 Å². The summed E-state index contributed by atoms with van der Waals surface area (Å²) in [4.78, 5) is 9.11. The molecule has 6 nitrogen and oxygen atoms in total. The van der Waals surface area contributed by atoms with Crippen LogP contribution >= 0.6 is 24.0 Å². The van der Waals surface area contributed by atoms with Crippen molar-refractivity contribution in [2.75, 3.05) is 59.0 Å². The van der Waals surface area contributed by atoms with E-state index < -0.39 is 0 Å². The zero-order valence-corrected chi connectivity index (χ0v) is 20.1. The van der Waals surface area contributed by atoms with Crippen LogP contribution in [-0.4, -0.2) is 77.1 Å². The summed E-state index contributed by atoms with van der Waals surface area (Å²) in [7, 11) is 5.73. The number of nitrogens with zero attached hydrogens (tertiary/aromatic N) is 3. The van der Waals surface area contributed by atoms with E-state index in [1.165, 1.54) is 5.69 Å². The summed E-state index contributed by atoms with van der Waals surface area (Å²) in [5.74, 6) is 0.987. The molecular formula is C21H37IN4O2. The molecule has 0 radical (unpaired) electrons. The summed E-state index contributed by atoms with van der Waals surface area (Å²) in [6.45, 7) is 6.60. The van der Waals surface area contributed by atoms with Crippen LogP contribution in [-0.2, 0) is 9.47 Å². The van der Waals surface area contributed by atoms with Gasteiger partial charge in [0.2, 0.25) is 0 Å². The molecule has 0 spiro atoms. The van der Waals surface area contributed by atoms with Crippen LogP contribution in [0.3, 0.4) is 0 Å². The third kappa shape index (κ3) is 8.13. The molecule has 0 aromatic heterocycles. The number of nitrogens with one attached hydrogen (secondary N) is 1. The Morgan fingerprint density at radius 1 is 1.25 bits per heavy atom. The molecule has 0 amide bonds. The van der Waals surface area contributed by atoms with Gasteiger partial charge in [-0.25, -0.2) is 0 Å². The Morgan fingerprint density at radius 3 is 2.54 bits per heavy atom. The molecule has 2 rings (SSSR count). The number of likely N-dealkylation sites (tertiary alicyclic amines) is 1. The number of hydrogen-bond acceptors (Lipinski definition) is 4. The second kappa shape index (κ2) is 14.0. The lowest BCUT2D eigenvalue weighted by Crippen LogP contribution is -2.50. The number of guanidine groups is 1. The van der Waals surface area contributed by atoms with Crippen molar-refractivity contribution in [2.45, 2.75) is 38.3 Å². The van der Waals surface area contributed by atoms with Crippen LogP contribution in [0.2, 0.25) is 0 Å². The van der Waals surface area contributed by atoms with E-state index in [1.54, 1.807) is 7.11 Å². The maximum Gasteiger partial charge on any atom is 0.193 e. The summed E-state index contributed by atoms with van der Waals surface area (Å²) in [6, 6.07) is 10.8. The summed E-state index contributed by atoms with van der Waals surface area (Å²) in [5, 5.41) is 3.54. The number of halogens is 1. The van der Waals surface area contributed by atoms with E-state index in [0.29, 0.717) is 12.1 Å².